The van der Waals surface area contributed by atoms with E-state index in [9.17, 15) is 14.4 Å². The highest BCUT2D eigenvalue weighted by molar-refractivity contribution is 5.87. The molecule has 0 unspecified atom stereocenters. The third kappa shape index (κ3) is 8.47. The van der Waals surface area contributed by atoms with Crippen molar-refractivity contribution in [1.29, 1.82) is 0 Å². The molecule has 0 saturated carbocycles. The summed E-state index contributed by atoms with van der Waals surface area (Å²) in [6.45, 7) is 14.1. The van der Waals surface area contributed by atoms with E-state index in [1.807, 2.05) is 64.1 Å². The van der Waals surface area contributed by atoms with Gasteiger partial charge in [-0.15, -0.1) is 0 Å². The number of likely N-dealkylation sites (N-methyl/N-ethyl adjacent to an activating group) is 1. The van der Waals surface area contributed by atoms with Crippen molar-refractivity contribution in [2.24, 2.45) is 11.8 Å². The van der Waals surface area contributed by atoms with Crippen molar-refractivity contribution in [3.63, 3.8) is 0 Å². The Labute approximate surface area is 205 Å². The molecule has 0 bridgehead atoms. The number of benzene rings is 1. The summed E-state index contributed by atoms with van der Waals surface area (Å²) < 4.78 is 4.91. The molecule has 0 fully saturated rings. The fourth-order valence-corrected chi connectivity index (χ4v) is 4.14. The van der Waals surface area contributed by atoms with Crippen molar-refractivity contribution in [1.82, 2.24) is 10.2 Å². The molecule has 0 heterocycles. The van der Waals surface area contributed by atoms with Gasteiger partial charge in [-0.3, -0.25) is 9.59 Å². The minimum Gasteiger partial charge on any atom is -0.463 e. The average Bonchev–Trinajstić information content (AvgIpc) is 2.80. The lowest BCUT2D eigenvalue weighted by Gasteiger charge is -2.34. The van der Waals surface area contributed by atoms with E-state index in [4.69, 9.17) is 4.74 Å². The van der Waals surface area contributed by atoms with E-state index < -0.39 is 5.97 Å². The Bertz CT molecular complexity index is 872. The number of esters is 1. The lowest BCUT2D eigenvalue weighted by atomic mass is 9.71. The highest BCUT2D eigenvalue weighted by Gasteiger charge is 2.35. The first-order valence-corrected chi connectivity index (χ1v) is 12.1. The van der Waals surface area contributed by atoms with Crippen molar-refractivity contribution in [3.8, 4) is 0 Å². The second-order valence-electron chi connectivity index (χ2n) is 9.50. The standard InChI is InChI=1S/C28H42N2O4/c1-9-23(28(6,7)22-14-12-11-13-15-22)27(33)29-19-25(31)30(8)24(20(3)4)18-21(5)16-17-26(32)34-10-2/h11-18,20,23-24H,9-10,19H2,1-8H3,(H,29,33)/b17-16+,21-18+/t23-,24-/m1/s1. The molecule has 0 aliphatic rings. The number of ether oxygens (including phenoxy) is 1. The molecule has 0 aromatic heterocycles. The third-order valence-electron chi connectivity index (χ3n) is 6.25. The monoisotopic (exact) mass is 470 g/mol. The van der Waals surface area contributed by atoms with Crippen LogP contribution in [0.25, 0.3) is 0 Å². The molecule has 0 saturated heterocycles. The summed E-state index contributed by atoms with van der Waals surface area (Å²) in [6, 6.07) is 9.80. The zero-order valence-electron chi connectivity index (χ0n) is 22.1. The lowest BCUT2D eigenvalue weighted by Crippen LogP contribution is -2.47. The lowest BCUT2D eigenvalue weighted by molar-refractivity contribution is -0.137. The van der Waals surface area contributed by atoms with E-state index in [1.54, 1.807) is 24.9 Å². The normalized spacial score (nSPS) is 14.1. The van der Waals surface area contributed by atoms with Crippen molar-refractivity contribution in [3.05, 3.63) is 59.7 Å². The van der Waals surface area contributed by atoms with Crippen LogP contribution in [-0.2, 0) is 24.5 Å². The summed E-state index contributed by atoms with van der Waals surface area (Å²) >= 11 is 0. The van der Waals surface area contributed by atoms with Gasteiger partial charge in [-0.05, 0) is 31.7 Å². The van der Waals surface area contributed by atoms with Crippen LogP contribution in [-0.4, -0.2) is 48.9 Å². The molecule has 1 rings (SSSR count). The molecule has 0 spiro atoms. The van der Waals surface area contributed by atoms with Gasteiger partial charge in [0, 0.05) is 24.5 Å². The Kier molecular flexibility index (Phi) is 11.8. The molecule has 1 aromatic carbocycles. The van der Waals surface area contributed by atoms with Gasteiger partial charge in [0.05, 0.1) is 19.2 Å². The van der Waals surface area contributed by atoms with Crippen LogP contribution < -0.4 is 5.32 Å². The highest BCUT2D eigenvalue weighted by atomic mass is 16.5. The van der Waals surface area contributed by atoms with E-state index in [1.165, 1.54) is 6.08 Å². The van der Waals surface area contributed by atoms with Gasteiger partial charge >= 0.3 is 5.97 Å². The van der Waals surface area contributed by atoms with Gasteiger partial charge in [0.1, 0.15) is 0 Å². The molecule has 0 aliphatic carbocycles. The van der Waals surface area contributed by atoms with Gasteiger partial charge in [0.2, 0.25) is 11.8 Å². The van der Waals surface area contributed by atoms with Crippen LogP contribution in [0.2, 0.25) is 0 Å². The fourth-order valence-electron chi connectivity index (χ4n) is 4.14. The van der Waals surface area contributed by atoms with Gasteiger partial charge < -0.3 is 15.0 Å². The Morgan fingerprint density at radius 1 is 1.09 bits per heavy atom. The van der Waals surface area contributed by atoms with Crippen molar-refractivity contribution >= 4 is 17.8 Å². The molecule has 2 atom stereocenters. The van der Waals surface area contributed by atoms with Crippen LogP contribution in [0.3, 0.4) is 0 Å². The predicted molar refractivity (Wildman–Crippen MR) is 137 cm³/mol. The van der Waals surface area contributed by atoms with Crippen LogP contribution in [0.5, 0.6) is 0 Å². The summed E-state index contributed by atoms with van der Waals surface area (Å²) in [7, 11) is 1.74. The van der Waals surface area contributed by atoms with E-state index in [0.717, 1.165) is 11.1 Å². The molecule has 188 valence electrons. The molecule has 0 radical (unpaired) electrons. The number of amides is 2. The third-order valence-corrected chi connectivity index (χ3v) is 6.25. The Morgan fingerprint density at radius 2 is 1.71 bits per heavy atom. The molecule has 6 heteroatoms. The largest absolute Gasteiger partial charge is 0.463 e. The van der Waals surface area contributed by atoms with Crippen LogP contribution >= 0.6 is 0 Å². The first kappa shape index (κ1) is 29.1. The zero-order chi connectivity index (χ0) is 25.9. The maximum atomic E-state index is 13.1. The molecule has 2 amide bonds. The van der Waals surface area contributed by atoms with Gasteiger partial charge in [-0.1, -0.05) is 82.7 Å². The van der Waals surface area contributed by atoms with Gasteiger partial charge in [-0.25, -0.2) is 4.79 Å². The van der Waals surface area contributed by atoms with Crippen LogP contribution in [0.1, 0.15) is 60.5 Å². The Balaban J connectivity index is 2.86. The maximum absolute atomic E-state index is 13.1. The number of hydrogen-bond acceptors (Lipinski definition) is 4. The molecular formula is C28H42N2O4. The first-order chi connectivity index (χ1) is 15.9. The van der Waals surface area contributed by atoms with Crippen LogP contribution in [0, 0.1) is 11.8 Å². The minimum absolute atomic E-state index is 0.0640. The van der Waals surface area contributed by atoms with Crippen LogP contribution in [0.15, 0.2) is 54.1 Å². The number of allylic oxidation sites excluding steroid dienone is 2. The fraction of sp³-hybridized carbons (Fsp3) is 0.536. The van der Waals surface area contributed by atoms with Gasteiger partial charge in [-0.2, -0.15) is 0 Å². The smallest absolute Gasteiger partial charge is 0.330 e. The number of nitrogens with zero attached hydrogens (tertiary/aromatic N) is 1. The summed E-state index contributed by atoms with van der Waals surface area (Å²) in [5.74, 6) is -0.798. The molecule has 6 nitrogen and oxygen atoms in total. The Morgan fingerprint density at radius 3 is 2.24 bits per heavy atom. The molecule has 34 heavy (non-hydrogen) atoms. The number of carbonyl (C=O) groups is 3. The van der Waals surface area contributed by atoms with E-state index in [-0.39, 0.29) is 41.7 Å². The Hall–Kier alpha value is -2.89. The highest BCUT2D eigenvalue weighted by Crippen LogP contribution is 2.33. The number of rotatable bonds is 12. The van der Waals surface area contributed by atoms with Crippen LogP contribution in [0.4, 0.5) is 0 Å². The van der Waals surface area contributed by atoms with Gasteiger partial charge in [0.15, 0.2) is 0 Å². The second kappa shape index (κ2) is 13.7. The number of carbonyl (C=O) groups excluding carboxylic acids is 3. The summed E-state index contributed by atoms with van der Waals surface area (Å²) in [5.41, 5.74) is 1.59. The van der Waals surface area contributed by atoms with E-state index >= 15 is 0 Å². The van der Waals surface area contributed by atoms with Crippen molar-refractivity contribution < 1.29 is 19.1 Å². The summed E-state index contributed by atoms with van der Waals surface area (Å²) in [4.78, 5) is 39.2. The molecular weight excluding hydrogens is 428 g/mol. The first-order valence-electron chi connectivity index (χ1n) is 12.1. The molecule has 1 aromatic rings. The summed E-state index contributed by atoms with van der Waals surface area (Å²) in [5, 5.41) is 2.87. The van der Waals surface area contributed by atoms with E-state index in [2.05, 4.69) is 19.2 Å². The number of nitrogens with one attached hydrogen (secondary N) is 1. The number of hydrogen-bond donors (Lipinski definition) is 1. The predicted octanol–water partition coefficient (Wildman–Crippen LogP) is 4.66. The summed E-state index contributed by atoms with van der Waals surface area (Å²) in [6.07, 6.45) is 5.69. The van der Waals surface area contributed by atoms with Gasteiger partial charge in [0.25, 0.3) is 0 Å². The quantitative estimate of drug-likeness (QED) is 0.274. The van der Waals surface area contributed by atoms with E-state index in [0.29, 0.717) is 13.0 Å². The van der Waals surface area contributed by atoms with Crippen molar-refractivity contribution in [2.75, 3.05) is 20.2 Å². The zero-order valence-corrected chi connectivity index (χ0v) is 22.1. The maximum Gasteiger partial charge on any atom is 0.330 e. The second-order valence-corrected chi connectivity index (χ2v) is 9.50. The van der Waals surface area contributed by atoms with Crippen molar-refractivity contribution in [2.45, 2.75) is 66.3 Å². The topological polar surface area (TPSA) is 75.7 Å². The average molecular weight is 471 g/mol. The molecule has 0 aliphatic heterocycles. The molecule has 1 N–H and O–H groups in total. The SMILES string of the molecule is CCOC(=O)/C=C/C(C)=C/[C@H](C(C)C)N(C)C(=O)CNC(=O)[C@@H](CC)C(C)(C)c1ccccc1. The minimum atomic E-state index is -0.396.